The number of benzene rings is 1. The van der Waals surface area contributed by atoms with Gasteiger partial charge in [0.25, 0.3) is 0 Å². The molecule has 8 heteroatoms. The van der Waals surface area contributed by atoms with Gasteiger partial charge in [-0.15, -0.1) is 0 Å². The molecule has 0 saturated carbocycles. The zero-order valence-electron chi connectivity index (χ0n) is 15.9. The molecule has 0 spiro atoms. The highest BCUT2D eigenvalue weighted by Crippen LogP contribution is 2.22. The molecule has 2 N–H and O–H groups in total. The van der Waals surface area contributed by atoms with Crippen molar-refractivity contribution in [2.75, 3.05) is 38.8 Å². The van der Waals surface area contributed by atoms with Crippen LogP contribution in [0.4, 0.5) is 10.5 Å². The molecule has 148 valence electrons. The van der Waals surface area contributed by atoms with Crippen molar-refractivity contribution in [1.82, 2.24) is 19.7 Å². The van der Waals surface area contributed by atoms with Crippen LogP contribution >= 0.6 is 0 Å². The summed E-state index contributed by atoms with van der Waals surface area (Å²) in [6.07, 6.45) is 6.23. The number of carbonyl (C=O) groups is 1. The Labute approximate surface area is 163 Å². The number of aromatic amines is 1. The highest BCUT2D eigenvalue weighted by atomic mass is 16.5. The third-order valence-electron chi connectivity index (χ3n) is 5.03. The normalized spacial score (nSPS) is 17.2. The van der Waals surface area contributed by atoms with Crippen molar-refractivity contribution in [1.29, 1.82) is 0 Å². The lowest BCUT2D eigenvalue weighted by Gasteiger charge is -2.35. The Morgan fingerprint density at radius 3 is 3.21 bits per heavy atom. The lowest BCUT2D eigenvalue weighted by Crippen LogP contribution is -2.51. The van der Waals surface area contributed by atoms with Crippen LogP contribution in [0.1, 0.15) is 5.56 Å². The van der Waals surface area contributed by atoms with E-state index in [1.165, 1.54) is 10.9 Å². The van der Waals surface area contributed by atoms with Gasteiger partial charge in [-0.05, 0) is 18.1 Å². The van der Waals surface area contributed by atoms with Crippen molar-refractivity contribution in [3.63, 3.8) is 0 Å². The molecule has 1 unspecified atom stereocenters. The van der Waals surface area contributed by atoms with E-state index in [2.05, 4.69) is 27.5 Å². The summed E-state index contributed by atoms with van der Waals surface area (Å²) in [7, 11) is 1.65. The number of hydrogen-bond acceptors (Lipinski definition) is 4. The molecule has 0 aliphatic carbocycles. The Balaban J connectivity index is 1.44. The molecule has 8 nitrogen and oxygen atoms in total. The van der Waals surface area contributed by atoms with Crippen LogP contribution in [0.2, 0.25) is 0 Å². The number of carbonyl (C=O) groups excluding carboxylic acids is 1. The maximum atomic E-state index is 12.9. The molecule has 1 aliphatic rings. The first-order valence-electron chi connectivity index (χ1n) is 9.46. The molecule has 1 fully saturated rings. The number of aromatic nitrogens is 3. The monoisotopic (exact) mass is 383 g/mol. The lowest BCUT2D eigenvalue weighted by molar-refractivity contribution is 0.0159. The smallest absolute Gasteiger partial charge is 0.322 e. The van der Waals surface area contributed by atoms with E-state index in [4.69, 9.17) is 9.47 Å². The number of para-hydroxylation sites is 1. The Bertz CT molecular complexity index is 935. The average Bonchev–Trinajstić information content (AvgIpc) is 3.34. The maximum Gasteiger partial charge on any atom is 0.322 e. The van der Waals surface area contributed by atoms with Gasteiger partial charge < -0.3 is 24.7 Å². The quantitative estimate of drug-likeness (QED) is 0.685. The fourth-order valence-electron chi connectivity index (χ4n) is 3.58. The first-order chi connectivity index (χ1) is 13.7. The second-order valence-electron chi connectivity index (χ2n) is 6.90. The van der Waals surface area contributed by atoms with Crippen LogP contribution in [0.5, 0.6) is 0 Å². The maximum absolute atomic E-state index is 12.9. The first-order valence-corrected chi connectivity index (χ1v) is 9.46. The summed E-state index contributed by atoms with van der Waals surface area (Å²) in [6.45, 7) is 2.86. The van der Waals surface area contributed by atoms with Gasteiger partial charge in [0.1, 0.15) is 0 Å². The van der Waals surface area contributed by atoms with Crippen LogP contribution in [0, 0.1) is 0 Å². The van der Waals surface area contributed by atoms with Crippen molar-refractivity contribution >= 4 is 22.6 Å². The molecule has 4 rings (SSSR count). The van der Waals surface area contributed by atoms with E-state index in [0.717, 1.165) is 11.9 Å². The molecule has 2 aromatic heterocycles. The largest absolute Gasteiger partial charge is 0.383 e. The Morgan fingerprint density at radius 1 is 1.43 bits per heavy atom. The number of fused-ring (bicyclic) bond motifs is 1. The number of rotatable bonds is 6. The number of nitrogens with one attached hydrogen (secondary N) is 2. The number of urea groups is 1. The van der Waals surface area contributed by atoms with Gasteiger partial charge in [-0.25, -0.2) is 4.79 Å². The molecule has 0 bridgehead atoms. The fraction of sp³-hybridized carbons (Fsp3) is 0.400. The Hall–Kier alpha value is -2.84. The minimum absolute atomic E-state index is 0.0171. The number of amides is 2. The molecule has 1 saturated heterocycles. The van der Waals surface area contributed by atoms with E-state index in [1.54, 1.807) is 18.0 Å². The molecule has 0 radical (unpaired) electrons. The second kappa shape index (κ2) is 8.45. The molecular weight excluding hydrogens is 358 g/mol. The number of nitrogens with zero attached hydrogens (tertiary/aromatic N) is 3. The summed E-state index contributed by atoms with van der Waals surface area (Å²) >= 11 is 0. The average molecular weight is 383 g/mol. The zero-order chi connectivity index (χ0) is 19.3. The molecule has 1 atom stereocenters. The van der Waals surface area contributed by atoms with Crippen LogP contribution in [-0.2, 0) is 22.4 Å². The lowest BCUT2D eigenvalue weighted by atomic mass is 10.0. The summed E-state index contributed by atoms with van der Waals surface area (Å²) in [5.74, 6) is 0. The number of morpholine rings is 1. The minimum atomic E-state index is -0.126. The van der Waals surface area contributed by atoms with Gasteiger partial charge >= 0.3 is 6.03 Å². The highest BCUT2D eigenvalue weighted by molar-refractivity contribution is 5.89. The van der Waals surface area contributed by atoms with Gasteiger partial charge in [0.2, 0.25) is 0 Å². The van der Waals surface area contributed by atoms with Gasteiger partial charge in [-0.2, -0.15) is 5.10 Å². The summed E-state index contributed by atoms with van der Waals surface area (Å²) in [4.78, 5) is 18.0. The number of hydrogen-bond donors (Lipinski definition) is 2. The Kier molecular flexibility index (Phi) is 5.59. The van der Waals surface area contributed by atoms with Crippen LogP contribution in [-0.4, -0.2) is 65.2 Å². The highest BCUT2D eigenvalue weighted by Gasteiger charge is 2.28. The number of H-pyrrole nitrogens is 1. The Morgan fingerprint density at radius 2 is 2.32 bits per heavy atom. The fourth-order valence-corrected chi connectivity index (χ4v) is 3.58. The molecule has 2 amide bonds. The summed E-state index contributed by atoms with van der Waals surface area (Å²) in [6, 6.07) is 8.06. The number of ether oxygens (including phenoxy) is 2. The molecule has 3 heterocycles. The van der Waals surface area contributed by atoms with Crippen LogP contribution in [0.3, 0.4) is 0 Å². The van der Waals surface area contributed by atoms with E-state index in [9.17, 15) is 4.79 Å². The third kappa shape index (κ3) is 4.02. The van der Waals surface area contributed by atoms with E-state index < -0.39 is 0 Å². The van der Waals surface area contributed by atoms with E-state index >= 15 is 0 Å². The number of anilines is 1. The standard InChI is InChI=1S/C20H25N5O3/c1-27-8-6-24-13-16(12-22-24)23-20(26)25-7-9-28-14-17(25)10-15-11-21-19-5-3-2-4-18(15)19/h2-5,11-13,17,21H,6-10,14H2,1H3,(H,23,26). The topological polar surface area (TPSA) is 84.4 Å². The van der Waals surface area contributed by atoms with Crippen LogP contribution in [0.15, 0.2) is 42.9 Å². The van der Waals surface area contributed by atoms with Crippen molar-refractivity contribution in [3.05, 3.63) is 48.4 Å². The molecular formula is C20H25N5O3. The van der Waals surface area contributed by atoms with Gasteiger partial charge in [-0.3, -0.25) is 4.68 Å². The van der Waals surface area contributed by atoms with Crippen LogP contribution < -0.4 is 5.32 Å². The second-order valence-corrected chi connectivity index (χ2v) is 6.90. The van der Waals surface area contributed by atoms with E-state index in [1.807, 2.05) is 29.4 Å². The van der Waals surface area contributed by atoms with Crippen molar-refractivity contribution < 1.29 is 14.3 Å². The zero-order valence-corrected chi connectivity index (χ0v) is 15.9. The van der Waals surface area contributed by atoms with Crippen molar-refractivity contribution in [2.45, 2.75) is 19.0 Å². The van der Waals surface area contributed by atoms with Gasteiger partial charge in [0.05, 0.1) is 44.3 Å². The molecule has 1 aromatic carbocycles. The van der Waals surface area contributed by atoms with Crippen LogP contribution in [0.25, 0.3) is 10.9 Å². The summed E-state index contributed by atoms with van der Waals surface area (Å²) in [5, 5.41) is 8.38. The first kappa shape index (κ1) is 18.5. The predicted molar refractivity (Wildman–Crippen MR) is 106 cm³/mol. The SMILES string of the molecule is COCCn1cc(NC(=O)N2CCOCC2Cc2c[nH]c3ccccc23)cn1. The predicted octanol–water partition coefficient (Wildman–Crippen LogP) is 2.49. The molecule has 3 aromatic rings. The minimum Gasteiger partial charge on any atom is -0.383 e. The van der Waals surface area contributed by atoms with E-state index in [-0.39, 0.29) is 12.1 Å². The molecule has 28 heavy (non-hydrogen) atoms. The molecule has 1 aliphatic heterocycles. The van der Waals surface area contributed by atoms with Gasteiger partial charge in [0, 0.05) is 37.0 Å². The third-order valence-corrected chi connectivity index (χ3v) is 5.03. The van der Waals surface area contributed by atoms with Crippen molar-refractivity contribution in [3.8, 4) is 0 Å². The summed E-state index contributed by atoms with van der Waals surface area (Å²) in [5.41, 5.74) is 2.98. The van der Waals surface area contributed by atoms with Crippen molar-refractivity contribution in [2.24, 2.45) is 0 Å². The number of methoxy groups -OCH3 is 1. The van der Waals surface area contributed by atoms with E-state index in [0.29, 0.717) is 38.6 Å². The summed E-state index contributed by atoms with van der Waals surface area (Å²) < 4.78 is 12.5. The van der Waals surface area contributed by atoms with Gasteiger partial charge in [-0.1, -0.05) is 18.2 Å². The van der Waals surface area contributed by atoms with Gasteiger partial charge in [0.15, 0.2) is 0 Å².